The number of methoxy groups -OCH3 is 1. The molecule has 0 atom stereocenters. The van der Waals surface area contributed by atoms with E-state index in [1.54, 1.807) is 42.7 Å². The van der Waals surface area contributed by atoms with Gasteiger partial charge in [-0.3, -0.25) is 4.79 Å². The van der Waals surface area contributed by atoms with Gasteiger partial charge in [-0.1, -0.05) is 11.8 Å². The first-order valence-corrected chi connectivity index (χ1v) is 10.6. The van der Waals surface area contributed by atoms with E-state index >= 15 is 0 Å². The molecule has 6 nitrogen and oxygen atoms in total. The van der Waals surface area contributed by atoms with Gasteiger partial charge >= 0.3 is 0 Å². The van der Waals surface area contributed by atoms with E-state index in [2.05, 4.69) is 20.9 Å². The van der Waals surface area contributed by atoms with Crippen LogP contribution >= 0.6 is 23.1 Å². The van der Waals surface area contributed by atoms with E-state index in [-0.39, 0.29) is 11.7 Å². The number of fused-ring (bicyclic) bond motifs is 1. The molecule has 27 heavy (non-hydrogen) atoms. The summed E-state index contributed by atoms with van der Waals surface area (Å²) in [5, 5.41) is 13.6. The smallest absolute Gasteiger partial charge is 0.277 e. The standard InChI is InChI=1S/C19H19N3O3S2/c1-24-13-8-6-12(7-9-13)20-17(23)11-27-19-22-21-18(25-19)15-10-26-16-5-3-2-4-14(15)16/h6-10H,2-5,11H2,1H3,(H,20,23). The molecule has 0 saturated heterocycles. The maximum Gasteiger partial charge on any atom is 0.277 e. The summed E-state index contributed by atoms with van der Waals surface area (Å²) in [6.45, 7) is 0. The Bertz CT molecular complexity index is 934. The van der Waals surface area contributed by atoms with Crippen LogP contribution in [0.15, 0.2) is 39.3 Å². The number of hydrogen-bond donors (Lipinski definition) is 1. The van der Waals surface area contributed by atoms with E-state index in [0.717, 1.165) is 29.8 Å². The van der Waals surface area contributed by atoms with Crippen LogP contribution in [-0.4, -0.2) is 29.0 Å². The third kappa shape index (κ3) is 4.17. The second-order valence-electron chi connectivity index (χ2n) is 6.20. The van der Waals surface area contributed by atoms with Crippen molar-refractivity contribution in [2.24, 2.45) is 0 Å². The Hall–Kier alpha value is -2.32. The van der Waals surface area contributed by atoms with Crippen molar-refractivity contribution >= 4 is 34.7 Å². The Morgan fingerprint density at radius 1 is 1.26 bits per heavy atom. The van der Waals surface area contributed by atoms with Gasteiger partial charge in [0, 0.05) is 15.9 Å². The number of nitrogens with zero attached hydrogens (tertiary/aromatic N) is 2. The van der Waals surface area contributed by atoms with Crippen LogP contribution in [0, 0.1) is 0 Å². The lowest BCUT2D eigenvalue weighted by atomic mass is 9.96. The normalized spacial score (nSPS) is 13.2. The fraction of sp³-hybridized carbons (Fsp3) is 0.316. The molecule has 0 spiro atoms. The molecule has 1 aromatic carbocycles. The summed E-state index contributed by atoms with van der Waals surface area (Å²) in [5.74, 6) is 1.37. The maximum atomic E-state index is 12.1. The molecule has 1 aliphatic rings. The summed E-state index contributed by atoms with van der Waals surface area (Å²) in [7, 11) is 1.61. The van der Waals surface area contributed by atoms with Gasteiger partial charge in [0.25, 0.3) is 5.22 Å². The van der Waals surface area contributed by atoms with Crippen molar-refractivity contribution < 1.29 is 13.9 Å². The van der Waals surface area contributed by atoms with Gasteiger partial charge in [0.15, 0.2) is 0 Å². The van der Waals surface area contributed by atoms with Crippen LogP contribution in [0.3, 0.4) is 0 Å². The zero-order chi connectivity index (χ0) is 18.6. The van der Waals surface area contributed by atoms with Crippen LogP contribution in [0.25, 0.3) is 11.5 Å². The fourth-order valence-corrected chi connectivity index (χ4v) is 4.73. The molecular weight excluding hydrogens is 382 g/mol. The van der Waals surface area contributed by atoms with E-state index in [1.807, 2.05) is 0 Å². The summed E-state index contributed by atoms with van der Waals surface area (Å²) in [6.07, 6.45) is 4.67. The van der Waals surface area contributed by atoms with Crippen molar-refractivity contribution in [3.05, 3.63) is 40.1 Å². The highest BCUT2D eigenvalue weighted by Gasteiger charge is 2.20. The zero-order valence-corrected chi connectivity index (χ0v) is 16.5. The topological polar surface area (TPSA) is 77.2 Å². The molecule has 0 bridgehead atoms. The van der Waals surface area contributed by atoms with Crippen LogP contribution in [0.4, 0.5) is 5.69 Å². The van der Waals surface area contributed by atoms with Gasteiger partial charge in [-0.2, -0.15) is 0 Å². The van der Waals surface area contributed by atoms with E-state index < -0.39 is 0 Å². The number of hydrogen-bond acceptors (Lipinski definition) is 7. The SMILES string of the molecule is COc1ccc(NC(=O)CSc2nnc(-c3csc4c3CCCC4)o2)cc1. The second-order valence-corrected chi connectivity index (χ2v) is 8.09. The van der Waals surface area contributed by atoms with Gasteiger partial charge in [0.1, 0.15) is 5.75 Å². The monoisotopic (exact) mass is 401 g/mol. The minimum atomic E-state index is -0.127. The third-order valence-electron chi connectivity index (χ3n) is 4.40. The van der Waals surface area contributed by atoms with Gasteiger partial charge in [0.05, 0.1) is 18.4 Å². The largest absolute Gasteiger partial charge is 0.497 e. The number of amides is 1. The Morgan fingerprint density at radius 2 is 2.07 bits per heavy atom. The maximum absolute atomic E-state index is 12.1. The molecule has 1 N–H and O–H groups in total. The Balaban J connectivity index is 1.35. The predicted octanol–water partition coefficient (Wildman–Crippen LogP) is 4.42. The Labute approximate surface area is 165 Å². The number of rotatable bonds is 6. The first kappa shape index (κ1) is 18.1. The van der Waals surface area contributed by atoms with Crippen LogP contribution in [0.1, 0.15) is 23.3 Å². The number of aryl methyl sites for hydroxylation is 1. The minimum absolute atomic E-state index is 0.127. The lowest BCUT2D eigenvalue weighted by Crippen LogP contribution is -2.13. The lowest BCUT2D eigenvalue weighted by Gasteiger charge is -2.10. The number of thiophene rings is 1. The molecule has 1 aliphatic carbocycles. The van der Waals surface area contributed by atoms with Crippen molar-refractivity contribution in [1.82, 2.24) is 10.2 Å². The molecule has 0 unspecified atom stereocenters. The van der Waals surface area contributed by atoms with Crippen LogP contribution in [0.5, 0.6) is 5.75 Å². The van der Waals surface area contributed by atoms with E-state index in [1.165, 1.54) is 35.0 Å². The highest BCUT2D eigenvalue weighted by molar-refractivity contribution is 7.99. The molecule has 3 aromatic rings. The van der Waals surface area contributed by atoms with Crippen molar-refractivity contribution in [2.45, 2.75) is 30.9 Å². The number of carbonyl (C=O) groups is 1. The van der Waals surface area contributed by atoms with Crippen molar-refractivity contribution in [2.75, 3.05) is 18.2 Å². The lowest BCUT2D eigenvalue weighted by molar-refractivity contribution is -0.113. The molecule has 2 heterocycles. The van der Waals surface area contributed by atoms with Crippen molar-refractivity contribution in [1.29, 1.82) is 0 Å². The Morgan fingerprint density at radius 3 is 2.89 bits per heavy atom. The van der Waals surface area contributed by atoms with E-state index in [0.29, 0.717) is 11.1 Å². The molecule has 2 aromatic heterocycles. The zero-order valence-electron chi connectivity index (χ0n) is 14.9. The molecule has 0 radical (unpaired) electrons. The average Bonchev–Trinajstić information content (AvgIpc) is 3.33. The average molecular weight is 402 g/mol. The highest BCUT2D eigenvalue weighted by atomic mass is 32.2. The third-order valence-corrected chi connectivity index (χ3v) is 6.31. The van der Waals surface area contributed by atoms with Crippen molar-refractivity contribution in [3.8, 4) is 17.2 Å². The van der Waals surface area contributed by atoms with E-state index in [9.17, 15) is 4.79 Å². The first-order chi connectivity index (χ1) is 13.2. The van der Waals surface area contributed by atoms with Crippen molar-refractivity contribution in [3.63, 3.8) is 0 Å². The quantitative estimate of drug-likeness (QED) is 0.616. The molecule has 0 aliphatic heterocycles. The minimum Gasteiger partial charge on any atom is -0.497 e. The molecular formula is C19H19N3O3S2. The van der Waals surface area contributed by atoms with Crippen LogP contribution in [-0.2, 0) is 17.6 Å². The molecule has 1 amide bonds. The number of ether oxygens (including phenoxy) is 1. The predicted molar refractivity (Wildman–Crippen MR) is 107 cm³/mol. The summed E-state index contributed by atoms with van der Waals surface area (Å²) < 4.78 is 10.9. The van der Waals surface area contributed by atoms with Crippen LogP contribution in [0.2, 0.25) is 0 Å². The molecule has 140 valence electrons. The molecule has 8 heteroatoms. The number of carbonyl (C=O) groups excluding carboxylic acids is 1. The second kappa shape index (κ2) is 8.14. The molecule has 4 rings (SSSR count). The number of thioether (sulfide) groups is 1. The Kier molecular flexibility index (Phi) is 5.45. The molecule has 0 saturated carbocycles. The number of benzene rings is 1. The summed E-state index contributed by atoms with van der Waals surface area (Å²) in [6, 6.07) is 7.20. The van der Waals surface area contributed by atoms with Gasteiger partial charge in [-0.05, 0) is 55.5 Å². The van der Waals surface area contributed by atoms with Gasteiger partial charge in [-0.15, -0.1) is 21.5 Å². The number of nitrogens with one attached hydrogen (secondary N) is 1. The van der Waals surface area contributed by atoms with Gasteiger partial charge < -0.3 is 14.5 Å². The number of aromatic nitrogens is 2. The highest BCUT2D eigenvalue weighted by Crippen LogP contribution is 2.36. The fourth-order valence-electron chi connectivity index (χ4n) is 3.05. The summed E-state index contributed by atoms with van der Waals surface area (Å²) >= 11 is 3.01. The number of anilines is 1. The van der Waals surface area contributed by atoms with Gasteiger partial charge in [0.2, 0.25) is 11.8 Å². The van der Waals surface area contributed by atoms with Gasteiger partial charge in [-0.25, -0.2) is 0 Å². The summed E-state index contributed by atoms with van der Waals surface area (Å²) in [4.78, 5) is 13.5. The van der Waals surface area contributed by atoms with E-state index in [4.69, 9.17) is 9.15 Å². The summed E-state index contributed by atoms with van der Waals surface area (Å²) in [5.41, 5.74) is 3.12. The van der Waals surface area contributed by atoms with Crippen LogP contribution < -0.4 is 10.1 Å². The first-order valence-electron chi connectivity index (χ1n) is 8.73. The molecule has 0 fully saturated rings.